The van der Waals surface area contributed by atoms with E-state index in [2.05, 4.69) is 10.4 Å². The lowest BCUT2D eigenvalue weighted by Gasteiger charge is -2.33. The molecule has 1 aromatic carbocycles. The fraction of sp³-hybridized carbons (Fsp3) is 0.571. The summed E-state index contributed by atoms with van der Waals surface area (Å²) in [5.74, 6) is 1.46. The number of carbonyl (C=O) groups excluding carboxylic acids is 1. The Kier molecular flexibility index (Phi) is 8.94. The summed E-state index contributed by atoms with van der Waals surface area (Å²) < 4.78 is 3.14. The standard InChI is InChI=1S/C21H29N5O2.2ClH/c1-24-21(28)26(18-7-3-2-4-8-18)19(23-24)16-10-14-25(15-11-16)20(27)17-6-5-12-22-13-9-17;;/h2-4,7-8,16-17,22H,5-6,9-15H2,1H3;2*1H. The number of nitrogens with one attached hydrogen (secondary N) is 1. The van der Waals surface area contributed by atoms with Crippen LogP contribution in [0.5, 0.6) is 0 Å². The second-order valence-corrected chi connectivity index (χ2v) is 7.91. The van der Waals surface area contributed by atoms with Crippen molar-refractivity contribution in [3.8, 4) is 5.69 Å². The largest absolute Gasteiger partial charge is 0.350 e. The molecular formula is C21H31Cl2N5O2. The molecular weight excluding hydrogens is 425 g/mol. The number of para-hydroxylation sites is 1. The van der Waals surface area contributed by atoms with Gasteiger partial charge in [-0.3, -0.25) is 4.79 Å². The maximum Gasteiger partial charge on any atom is 0.350 e. The minimum atomic E-state index is -0.120. The van der Waals surface area contributed by atoms with Gasteiger partial charge in [-0.15, -0.1) is 24.8 Å². The van der Waals surface area contributed by atoms with Crippen molar-refractivity contribution in [1.82, 2.24) is 24.6 Å². The zero-order valence-electron chi connectivity index (χ0n) is 17.3. The maximum atomic E-state index is 12.9. The lowest BCUT2D eigenvalue weighted by molar-refractivity contribution is -0.137. The van der Waals surface area contributed by atoms with Gasteiger partial charge in [-0.2, -0.15) is 5.10 Å². The van der Waals surface area contributed by atoms with Gasteiger partial charge in [-0.25, -0.2) is 14.0 Å². The Hall–Kier alpha value is -1.83. The SMILES string of the molecule is Cl.Cl.Cn1nc(C2CCN(C(=O)C3CCCNCC3)CC2)n(-c2ccccc2)c1=O. The number of carbonyl (C=O) groups is 1. The van der Waals surface area contributed by atoms with E-state index in [1.165, 1.54) is 4.68 Å². The van der Waals surface area contributed by atoms with E-state index < -0.39 is 0 Å². The molecule has 1 atom stereocenters. The molecule has 4 rings (SSSR count). The minimum absolute atomic E-state index is 0. The third kappa shape index (κ3) is 5.07. The van der Waals surface area contributed by atoms with E-state index in [1.54, 1.807) is 11.6 Å². The van der Waals surface area contributed by atoms with Crippen LogP contribution in [0.25, 0.3) is 5.69 Å². The van der Waals surface area contributed by atoms with Crippen molar-refractivity contribution in [3.05, 3.63) is 46.6 Å². The minimum Gasteiger partial charge on any atom is -0.342 e. The third-order valence-corrected chi connectivity index (χ3v) is 6.06. The Bertz CT molecular complexity index is 867. The monoisotopic (exact) mass is 455 g/mol. The molecule has 1 N–H and O–H groups in total. The number of halogens is 2. The fourth-order valence-electron chi connectivity index (χ4n) is 4.45. The van der Waals surface area contributed by atoms with Crippen LogP contribution in [0, 0.1) is 5.92 Å². The predicted octanol–water partition coefficient (Wildman–Crippen LogP) is 2.51. The Labute approximate surface area is 189 Å². The zero-order chi connectivity index (χ0) is 19.5. The highest BCUT2D eigenvalue weighted by atomic mass is 35.5. The first-order valence-electron chi connectivity index (χ1n) is 10.4. The number of nitrogens with zero attached hydrogens (tertiary/aromatic N) is 4. The van der Waals surface area contributed by atoms with Gasteiger partial charge in [0.05, 0.1) is 5.69 Å². The Morgan fingerprint density at radius 2 is 1.73 bits per heavy atom. The average Bonchev–Trinajstić information content (AvgIpc) is 2.92. The summed E-state index contributed by atoms with van der Waals surface area (Å²) in [6, 6.07) is 9.68. The van der Waals surface area contributed by atoms with Crippen LogP contribution in [0.15, 0.2) is 35.1 Å². The van der Waals surface area contributed by atoms with E-state index in [9.17, 15) is 9.59 Å². The highest BCUT2D eigenvalue weighted by molar-refractivity contribution is 5.85. The van der Waals surface area contributed by atoms with Crippen molar-refractivity contribution in [3.63, 3.8) is 0 Å². The zero-order valence-corrected chi connectivity index (χ0v) is 19.0. The Morgan fingerprint density at radius 3 is 2.43 bits per heavy atom. The second-order valence-electron chi connectivity index (χ2n) is 7.91. The number of amides is 1. The molecule has 1 amide bonds. The van der Waals surface area contributed by atoms with Gasteiger partial charge in [0, 0.05) is 32.0 Å². The van der Waals surface area contributed by atoms with Crippen molar-refractivity contribution in [1.29, 1.82) is 0 Å². The summed E-state index contributed by atoms with van der Waals surface area (Å²) in [6.45, 7) is 3.44. The number of aromatic nitrogens is 3. The third-order valence-electron chi connectivity index (χ3n) is 6.06. The maximum absolute atomic E-state index is 12.9. The first-order valence-corrected chi connectivity index (χ1v) is 10.4. The summed E-state index contributed by atoms with van der Waals surface area (Å²) in [5.41, 5.74) is 0.728. The predicted molar refractivity (Wildman–Crippen MR) is 122 cm³/mol. The van der Waals surface area contributed by atoms with Gasteiger partial charge >= 0.3 is 5.69 Å². The van der Waals surface area contributed by atoms with E-state index >= 15 is 0 Å². The first-order chi connectivity index (χ1) is 13.6. The smallest absolute Gasteiger partial charge is 0.342 e. The Morgan fingerprint density at radius 1 is 1.03 bits per heavy atom. The number of hydrogen-bond donors (Lipinski definition) is 1. The molecule has 2 fully saturated rings. The molecule has 0 spiro atoms. The number of rotatable bonds is 3. The number of hydrogen-bond acceptors (Lipinski definition) is 4. The molecule has 0 bridgehead atoms. The van der Waals surface area contributed by atoms with Crippen LogP contribution in [0.1, 0.15) is 43.8 Å². The van der Waals surface area contributed by atoms with Crippen LogP contribution in [-0.2, 0) is 11.8 Å². The van der Waals surface area contributed by atoms with E-state index in [0.717, 1.165) is 69.8 Å². The summed E-state index contributed by atoms with van der Waals surface area (Å²) >= 11 is 0. The molecule has 2 aliphatic heterocycles. The van der Waals surface area contributed by atoms with Gasteiger partial charge in [0.2, 0.25) is 5.91 Å². The molecule has 7 nitrogen and oxygen atoms in total. The number of aryl methyl sites for hydroxylation is 1. The number of piperidine rings is 1. The van der Waals surface area contributed by atoms with Crippen LogP contribution in [-0.4, -0.2) is 51.3 Å². The molecule has 0 saturated carbocycles. The van der Waals surface area contributed by atoms with Crippen LogP contribution >= 0.6 is 24.8 Å². The molecule has 9 heteroatoms. The summed E-state index contributed by atoms with van der Waals surface area (Å²) in [7, 11) is 1.70. The van der Waals surface area contributed by atoms with Crippen molar-refractivity contribution < 1.29 is 4.79 Å². The first kappa shape index (κ1) is 24.4. The van der Waals surface area contributed by atoms with Crippen molar-refractivity contribution >= 4 is 30.7 Å². The second kappa shape index (κ2) is 11.0. The average molecular weight is 456 g/mol. The van der Waals surface area contributed by atoms with E-state index in [1.807, 2.05) is 35.2 Å². The number of likely N-dealkylation sites (tertiary alicyclic amines) is 1. The summed E-state index contributed by atoms with van der Waals surface area (Å²) in [6.07, 6.45) is 4.69. The van der Waals surface area contributed by atoms with E-state index in [0.29, 0.717) is 5.91 Å². The Balaban J connectivity index is 0.00000160. The van der Waals surface area contributed by atoms with Crippen molar-refractivity contribution in [2.75, 3.05) is 26.2 Å². The molecule has 30 heavy (non-hydrogen) atoms. The van der Waals surface area contributed by atoms with Crippen LogP contribution in [0.4, 0.5) is 0 Å². The van der Waals surface area contributed by atoms with E-state index in [-0.39, 0.29) is 42.3 Å². The highest BCUT2D eigenvalue weighted by Crippen LogP contribution is 2.29. The van der Waals surface area contributed by atoms with Gasteiger partial charge in [-0.05, 0) is 57.3 Å². The molecule has 0 radical (unpaired) electrons. The van der Waals surface area contributed by atoms with Crippen molar-refractivity contribution in [2.24, 2.45) is 13.0 Å². The molecule has 3 heterocycles. The molecule has 2 aliphatic rings. The number of benzene rings is 1. The van der Waals surface area contributed by atoms with Gasteiger partial charge < -0.3 is 10.2 Å². The lowest BCUT2D eigenvalue weighted by Crippen LogP contribution is -2.42. The summed E-state index contributed by atoms with van der Waals surface area (Å²) in [4.78, 5) is 27.6. The normalized spacial score (nSPS) is 20.0. The van der Waals surface area contributed by atoms with Gasteiger partial charge in [0.15, 0.2) is 0 Å². The molecule has 1 unspecified atom stereocenters. The van der Waals surface area contributed by atoms with Crippen LogP contribution in [0.2, 0.25) is 0 Å². The molecule has 1 aromatic heterocycles. The fourth-order valence-corrected chi connectivity index (χ4v) is 4.45. The van der Waals surface area contributed by atoms with Crippen molar-refractivity contribution in [2.45, 2.75) is 38.0 Å². The van der Waals surface area contributed by atoms with Gasteiger partial charge in [0.25, 0.3) is 0 Å². The highest BCUT2D eigenvalue weighted by Gasteiger charge is 2.31. The molecule has 2 saturated heterocycles. The molecule has 0 aliphatic carbocycles. The van der Waals surface area contributed by atoms with Gasteiger partial charge in [-0.1, -0.05) is 18.2 Å². The van der Waals surface area contributed by atoms with Crippen LogP contribution < -0.4 is 11.0 Å². The van der Waals surface area contributed by atoms with E-state index in [4.69, 9.17) is 0 Å². The topological polar surface area (TPSA) is 72.2 Å². The lowest BCUT2D eigenvalue weighted by atomic mass is 9.93. The van der Waals surface area contributed by atoms with Crippen LogP contribution in [0.3, 0.4) is 0 Å². The molecule has 2 aromatic rings. The molecule has 166 valence electrons. The van der Waals surface area contributed by atoms with Gasteiger partial charge in [0.1, 0.15) is 5.82 Å². The summed E-state index contributed by atoms with van der Waals surface area (Å²) in [5, 5.41) is 7.92. The quantitative estimate of drug-likeness (QED) is 0.771.